The first kappa shape index (κ1) is 15.3. The number of hydrogen-bond acceptors (Lipinski definition) is 5. The second-order valence-electron chi connectivity index (χ2n) is 4.35. The van der Waals surface area contributed by atoms with Crippen molar-refractivity contribution in [1.29, 1.82) is 0 Å². The van der Waals surface area contributed by atoms with Crippen molar-refractivity contribution in [2.45, 2.75) is 11.4 Å². The van der Waals surface area contributed by atoms with Crippen LogP contribution in [0.3, 0.4) is 0 Å². The monoisotopic (exact) mass is 311 g/mol. The van der Waals surface area contributed by atoms with Crippen molar-refractivity contribution in [1.82, 2.24) is 14.5 Å². The number of aromatic nitrogens is 2. The van der Waals surface area contributed by atoms with Crippen LogP contribution in [0.5, 0.6) is 11.5 Å². The molecule has 2 aromatic rings. The summed E-state index contributed by atoms with van der Waals surface area (Å²) in [4.78, 5) is 0.117. The molecule has 0 fully saturated rings. The van der Waals surface area contributed by atoms with Crippen LogP contribution in [0.25, 0.3) is 0 Å². The molecule has 8 heteroatoms. The molecular weight excluding hydrogens is 294 g/mol. The fourth-order valence-electron chi connectivity index (χ4n) is 1.96. The molecule has 1 aromatic carbocycles. The summed E-state index contributed by atoms with van der Waals surface area (Å²) in [5.74, 6) is 1.08. The van der Waals surface area contributed by atoms with Gasteiger partial charge in [-0.15, -0.1) is 0 Å². The van der Waals surface area contributed by atoms with Crippen molar-refractivity contribution in [3.8, 4) is 11.5 Å². The Morgan fingerprint density at radius 3 is 2.62 bits per heavy atom. The molecule has 0 saturated heterocycles. The maximum absolute atomic E-state index is 12.3. The van der Waals surface area contributed by atoms with E-state index in [2.05, 4.69) is 10.2 Å². The quantitative estimate of drug-likeness (QED) is 0.868. The van der Waals surface area contributed by atoms with E-state index in [0.717, 1.165) is 0 Å². The van der Waals surface area contributed by atoms with Gasteiger partial charge in [0, 0.05) is 25.4 Å². The number of rotatable bonds is 6. The van der Waals surface area contributed by atoms with Crippen molar-refractivity contribution >= 4 is 10.0 Å². The van der Waals surface area contributed by atoms with Gasteiger partial charge in [0.05, 0.1) is 20.4 Å². The van der Waals surface area contributed by atoms with Gasteiger partial charge in [0.15, 0.2) is 11.5 Å². The summed E-state index contributed by atoms with van der Waals surface area (Å²) in [5.41, 5.74) is 0.714. The summed E-state index contributed by atoms with van der Waals surface area (Å²) >= 11 is 0. The molecule has 0 atom stereocenters. The molecule has 0 radical (unpaired) electrons. The minimum absolute atomic E-state index is 0.117. The summed E-state index contributed by atoms with van der Waals surface area (Å²) in [6.45, 7) is 0.161. The van der Waals surface area contributed by atoms with Crippen molar-refractivity contribution in [3.63, 3.8) is 0 Å². The molecular formula is C13H17N3O4S. The maximum Gasteiger partial charge on any atom is 0.246 e. The maximum atomic E-state index is 12.3. The number of benzene rings is 1. The van der Waals surface area contributed by atoms with E-state index < -0.39 is 10.0 Å². The molecule has 0 aliphatic rings. The van der Waals surface area contributed by atoms with Crippen molar-refractivity contribution in [3.05, 3.63) is 36.2 Å². The molecule has 2 rings (SSSR count). The van der Waals surface area contributed by atoms with E-state index in [-0.39, 0.29) is 11.4 Å². The lowest BCUT2D eigenvalue weighted by molar-refractivity contribution is 0.347. The number of nitrogens with one attached hydrogen (secondary N) is 1. The van der Waals surface area contributed by atoms with Gasteiger partial charge in [-0.05, 0) is 6.07 Å². The van der Waals surface area contributed by atoms with Gasteiger partial charge in [-0.2, -0.15) is 9.40 Å². The van der Waals surface area contributed by atoms with Crippen LogP contribution in [0.1, 0.15) is 5.56 Å². The molecule has 1 heterocycles. The highest BCUT2D eigenvalue weighted by molar-refractivity contribution is 7.89. The number of methoxy groups -OCH3 is 2. The molecule has 1 N–H and O–H groups in total. The van der Waals surface area contributed by atoms with Crippen LogP contribution in [0.2, 0.25) is 0 Å². The molecule has 0 spiro atoms. The van der Waals surface area contributed by atoms with E-state index in [9.17, 15) is 8.42 Å². The number of nitrogens with zero attached hydrogens (tertiary/aromatic N) is 2. The molecule has 0 amide bonds. The molecule has 0 aliphatic heterocycles. The van der Waals surface area contributed by atoms with Crippen LogP contribution in [0.15, 0.2) is 35.5 Å². The zero-order valence-electron chi connectivity index (χ0n) is 12.0. The van der Waals surface area contributed by atoms with Gasteiger partial charge in [0.2, 0.25) is 10.0 Å². The Kier molecular flexibility index (Phi) is 4.49. The van der Waals surface area contributed by atoms with Crippen molar-refractivity contribution in [2.75, 3.05) is 21.3 Å². The van der Waals surface area contributed by atoms with E-state index in [1.54, 1.807) is 18.2 Å². The lowest BCUT2D eigenvalue weighted by Gasteiger charge is -2.18. The third-order valence-corrected chi connectivity index (χ3v) is 4.83. The van der Waals surface area contributed by atoms with Gasteiger partial charge >= 0.3 is 0 Å². The van der Waals surface area contributed by atoms with E-state index in [4.69, 9.17) is 9.47 Å². The molecule has 114 valence electrons. The molecule has 1 aromatic heterocycles. The van der Waals surface area contributed by atoms with Crippen LogP contribution in [-0.2, 0) is 16.6 Å². The Labute approximate surface area is 123 Å². The van der Waals surface area contributed by atoms with Gasteiger partial charge < -0.3 is 9.47 Å². The number of H-pyrrole nitrogens is 1. The predicted molar refractivity (Wildman–Crippen MR) is 76.8 cm³/mol. The van der Waals surface area contributed by atoms with Crippen molar-refractivity contribution in [2.24, 2.45) is 0 Å². The lowest BCUT2D eigenvalue weighted by atomic mass is 10.2. The molecule has 21 heavy (non-hydrogen) atoms. The topological polar surface area (TPSA) is 84.5 Å². The van der Waals surface area contributed by atoms with Gasteiger partial charge in [0.25, 0.3) is 0 Å². The largest absolute Gasteiger partial charge is 0.493 e. The van der Waals surface area contributed by atoms with E-state index in [1.807, 2.05) is 0 Å². The number of hydrogen-bond donors (Lipinski definition) is 1. The highest BCUT2D eigenvalue weighted by atomic mass is 32.2. The molecule has 7 nitrogen and oxygen atoms in total. The second-order valence-corrected chi connectivity index (χ2v) is 6.39. The van der Waals surface area contributed by atoms with Gasteiger partial charge in [-0.25, -0.2) is 8.42 Å². The first-order chi connectivity index (χ1) is 10.0. The number of sulfonamides is 1. The van der Waals surface area contributed by atoms with Crippen LogP contribution >= 0.6 is 0 Å². The highest BCUT2D eigenvalue weighted by Crippen LogP contribution is 2.32. The SMILES string of the molecule is COc1cccc(CN(C)S(=O)(=O)c2cn[nH]c2)c1OC. The predicted octanol–water partition coefficient (Wildman–Crippen LogP) is 1.25. The smallest absolute Gasteiger partial charge is 0.246 e. The van der Waals surface area contributed by atoms with E-state index >= 15 is 0 Å². The fraction of sp³-hybridized carbons (Fsp3) is 0.308. The van der Waals surface area contributed by atoms with Gasteiger partial charge in [0.1, 0.15) is 4.90 Å². The Hall–Kier alpha value is -2.06. The standard InChI is InChI=1S/C13H17N3O4S/c1-16(21(17,18)11-7-14-15-8-11)9-10-5-4-6-12(19-2)13(10)20-3/h4-8H,9H2,1-3H3,(H,14,15). The minimum atomic E-state index is -3.60. The third-order valence-electron chi connectivity index (χ3n) is 3.06. The highest BCUT2D eigenvalue weighted by Gasteiger charge is 2.23. The van der Waals surface area contributed by atoms with Crippen LogP contribution in [0, 0.1) is 0 Å². The fourth-order valence-corrected chi connectivity index (χ4v) is 3.02. The first-order valence-corrected chi connectivity index (χ1v) is 7.59. The molecule has 0 saturated carbocycles. The Balaban J connectivity index is 2.30. The first-order valence-electron chi connectivity index (χ1n) is 6.15. The number of aromatic amines is 1. The Bertz CT molecular complexity index is 698. The summed E-state index contributed by atoms with van der Waals surface area (Å²) in [7, 11) is 0.961. The van der Waals surface area contributed by atoms with Crippen LogP contribution in [-0.4, -0.2) is 44.2 Å². The molecule has 0 bridgehead atoms. The molecule has 0 aliphatic carbocycles. The summed E-state index contributed by atoms with van der Waals surface area (Å²) in [6, 6.07) is 5.34. The zero-order valence-corrected chi connectivity index (χ0v) is 12.8. The number of para-hydroxylation sites is 1. The molecule has 0 unspecified atom stereocenters. The zero-order chi connectivity index (χ0) is 15.5. The number of ether oxygens (including phenoxy) is 2. The minimum Gasteiger partial charge on any atom is -0.493 e. The van der Waals surface area contributed by atoms with E-state index in [0.29, 0.717) is 17.1 Å². The van der Waals surface area contributed by atoms with Gasteiger partial charge in [-0.1, -0.05) is 12.1 Å². The van der Waals surface area contributed by atoms with Crippen LogP contribution < -0.4 is 9.47 Å². The normalized spacial score (nSPS) is 11.6. The Morgan fingerprint density at radius 2 is 2.05 bits per heavy atom. The summed E-state index contributed by atoms with van der Waals surface area (Å²) < 4.78 is 36.4. The summed E-state index contributed by atoms with van der Waals surface area (Å²) in [6.07, 6.45) is 2.61. The summed E-state index contributed by atoms with van der Waals surface area (Å²) in [5, 5.41) is 6.16. The van der Waals surface area contributed by atoms with Crippen LogP contribution in [0.4, 0.5) is 0 Å². The third kappa shape index (κ3) is 3.01. The lowest BCUT2D eigenvalue weighted by Crippen LogP contribution is -2.26. The second kappa shape index (κ2) is 6.15. The average molecular weight is 311 g/mol. The average Bonchev–Trinajstić information content (AvgIpc) is 3.01. The van der Waals surface area contributed by atoms with Gasteiger partial charge in [-0.3, -0.25) is 5.10 Å². The Morgan fingerprint density at radius 1 is 1.29 bits per heavy atom. The van der Waals surface area contributed by atoms with E-state index in [1.165, 1.54) is 38.0 Å². The van der Waals surface area contributed by atoms with Crippen molar-refractivity contribution < 1.29 is 17.9 Å².